The van der Waals surface area contributed by atoms with Gasteiger partial charge in [-0.3, -0.25) is 0 Å². The van der Waals surface area contributed by atoms with Crippen molar-refractivity contribution in [3.63, 3.8) is 0 Å². The molecule has 2 aliphatic rings. The van der Waals surface area contributed by atoms with Gasteiger partial charge in [-0.2, -0.15) is 0 Å². The van der Waals surface area contributed by atoms with Crippen LogP contribution in [0.2, 0.25) is 0 Å². The van der Waals surface area contributed by atoms with Crippen LogP contribution in [-0.2, 0) is 0 Å². The zero-order chi connectivity index (χ0) is 9.64. The third-order valence-corrected chi connectivity index (χ3v) is 3.65. The molecular formula is C11H18O2. The molecule has 0 heterocycles. The molecule has 2 aliphatic carbocycles. The average Bonchev–Trinajstić information content (AvgIpc) is 2.59. The number of aliphatic hydroxyl groups is 2. The van der Waals surface area contributed by atoms with Crippen LogP contribution in [0.5, 0.6) is 0 Å². The fraction of sp³-hybridized carbons (Fsp3) is 0.818. The zero-order valence-electron chi connectivity index (χ0n) is 8.27. The summed E-state index contributed by atoms with van der Waals surface area (Å²) >= 11 is 0. The van der Waals surface area contributed by atoms with E-state index in [9.17, 15) is 10.2 Å². The number of rotatable bonds is 2. The van der Waals surface area contributed by atoms with E-state index in [0.29, 0.717) is 11.8 Å². The quantitative estimate of drug-likeness (QED) is 0.630. The summed E-state index contributed by atoms with van der Waals surface area (Å²) in [7, 11) is 0. The Morgan fingerprint density at radius 3 is 2.38 bits per heavy atom. The van der Waals surface area contributed by atoms with Gasteiger partial charge in [0.2, 0.25) is 0 Å². The lowest BCUT2D eigenvalue weighted by Crippen LogP contribution is -2.40. The van der Waals surface area contributed by atoms with E-state index in [0.717, 1.165) is 6.42 Å². The average molecular weight is 182 g/mol. The second-order valence-corrected chi connectivity index (χ2v) is 4.97. The Kier molecular flexibility index (Phi) is 2.00. The van der Waals surface area contributed by atoms with E-state index in [1.54, 1.807) is 0 Å². The molecule has 0 aliphatic heterocycles. The van der Waals surface area contributed by atoms with E-state index < -0.39 is 5.60 Å². The smallest absolute Gasteiger partial charge is 0.0629 e. The van der Waals surface area contributed by atoms with Gasteiger partial charge in [0.15, 0.2) is 0 Å². The zero-order valence-corrected chi connectivity index (χ0v) is 8.27. The van der Waals surface area contributed by atoms with Crippen LogP contribution in [0.25, 0.3) is 0 Å². The van der Waals surface area contributed by atoms with E-state index in [-0.39, 0.29) is 18.4 Å². The molecule has 0 aromatic rings. The van der Waals surface area contributed by atoms with Crippen molar-refractivity contribution in [3.8, 4) is 0 Å². The second kappa shape index (κ2) is 2.82. The van der Waals surface area contributed by atoms with Crippen LogP contribution in [0, 0.1) is 23.7 Å². The lowest BCUT2D eigenvalue weighted by atomic mass is 9.74. The van der Waals surface area contributed by atoms with Crippen molar-refractivity contribution < 1.29 is 10.2 Å². The highest BCUT2D eigenvalue weighted by atomic mass is 16.3. The second-order valence-electron chi connectivity index (χ2n) is 4.97. The van der Waals surface area contributed by atoms with Gasteiger partial charge in [-0.15, -0.1) is 0 Å². The highest BCUT2D eigenvalue weighted by Crippen LogP contribution is 2.51. The van der Waals surface area contributed by atoms with Crippen molar-refractivity contribution in [2.75, 3.05) is 6.61 Å². The van der Waals surface area contributed by atoms with Gasteiger partial charge < -0.3 is 10.2 Å². The predicted molar refractivity (Wildman–Crippen MR) is 51.1 cm³/mol. The molecule has 4 atom stereocenters. The highest BCUT2D eigenvalue weighted by Gasteiger charge is 2.49. The monoisotopic (exact) mass is 182 g/mol. The fourth-order valence-electron chi connectivity index (χ4n) is 3.22. The van der Waals surface area contributed by atoms with E-state index in [1.165, 1.54) is 0 Å². The minimum atomic E-state index is -0.655. The summed E-state index contributed by atoms with van der Waals surface area (Å²) in [4.78, 5) is 0. The number of fused-ring (bicyclic) bond motifs is 2. The molecule has 13 heavy (non-hydrogen) atoms. The number of aliphatic hydroxyl groups excluding tert-OH is 1. The molecule has 2 nitrogen and oxygen atoms in total. The van der Waals surface area contributed by atoms with Crippen LogP contribution >= 0.6 is 0 Å². The Labute approximate surface area is 79.3 Å². The molecule has 2 heteroatoms. The van der Waals surface area contributed by atoms with Crippen molar-refractivity contribution in [1.82, 2.24) is 0 Å². The summed E-state index contributed by atoms with van der Waals surface area (Å²) < 4.78 is 0. The number of allylic oxidation sites excluding steroid dienone is 2. The van der Waals surface area contributed by atoms with E-state index in [1.807, 2.05) is 13.8 Å². The molecule has 0 aromatic carbocycles. The van der Waals surface area contributed by atoms with Gasteiger partial charge in [0.05, 0.1) is 5.60 Å². The molecule has 74 valence electrons. The summed E-state index contributed by atoms with van der Waals surface area (Å²) in [6.07, 6.45) is 5.53. The van der Waals surface area contributed by atoms with E-state index in [4.69, 9.17) is 0 Å². The van der Waals surface area contributed by atoms with Crippen molar-refractivity contribution in [1.29, 1.82) is 0 Å². The van der Waals surface area contributed by atoms with Gasteiger partial charge in [0.25, 0.3) is 0 Å². The molecule has 4 unspecified atom stereocenters. The van der Waals surface area contributed by atoms with Crippen molar-refractivity contribution in [2.45, 2.75) is 25.9 Å². The topological polar surface area (TPSA) is 40.5 Å². The fourth-order valence-corrected chi connectivity index (χ4v) is 3.22. The van der Waals surface area contributed by atoms with Crippen molar-refractivity contribution >= 4 is 0 Å². The molecule has 0 saturated heterocycles. The molecule has 0 amide bonds. The molecule has 0 spiro atoms. The van der Waals surface area contributed by atoms with Crippen LogP contribution in [0.4, 0.5) is 0 Å². The lowest BCUT2D eigenvalue weighted by molar-refractivity contribution is -0.0287. The van der Waals surface area contributed by atoms with Gasteiger partial charge in [0.1, 0.15) is 0 Å². The third kappa shape index (κ3) is 1.32. The highest BCUT2D eigenvalue weighted by molar-refractivity contribution is 5.16. The molecule has 1 fully saturated rings. The summed E-state index contributed by atoms with van der Waals surface area (Å²) in [5.74, 6) is 1.51. The molecule has 2 N–H and O–H groups in total. The Hall–Kier alpha value is -0.340. The standard InChI is InChI=1S/C11H18O2/c1-11(2,13)10-8-4-3-7(5-8)9(10)6-12/h3-4,7-10,12-13H,5-6H2,1-2H3. The maximum absolute atomic E-state index is 10.00. The largest absolute Gasteiger partial charge is 0.396 e. The summed E-state index contributed by atoms with van der Waals surface area (Å²) in [5.41, 5.74) is -0.655. The van der Waals surface area contributed by atoms with Gasteiger partial charge in [0, 0.05) is 6.61 Å². The van der Waals surface area contributed by atoms with Gasteiger partial charge >= 0.3 is 0 Å². The van der Waals surface area contributed by atoms with Crippen LogP contribution in [-0.4, -0.2) is 22.4 Å². The third-order valence-electron chi connectivity index (χ3n) is 3.65. The van der Waals surface area contributed by atoms with Crippen LogP contribution in [0.1, 0.15) is 20.3 Å². The van der Waals surface area contributed by atoms with E-state index >= 15 is 0 Å². The minimum absolute atomic E-state index is 0.208. The van der Waals surface area contributed by atoms with Gasteiger partial charge in [-0.1, -0.05) is 12.2 Å². The summed E-state index contributed by atoms with van der Waals surface area (Å²) in [6.45, 7) is 3.92. The first-order valence-electron chi connectivity index (χ1n) is 5.05. The van der Waals surface area contributed by atoms with Gasteiger partial charge in [-0.25, -0.2) is 0 Å². The van der Waals surface area contributed by atoms with Crippen LogP contribution in [0.3, 0.4) is 0 Å². The molecule has 2 rings (SSSR count). The SMILES string of the molecule is CC(C)(O)C1C2C=CC(C2)C1CO. The Balaban J connectivity index is 2.23. The molecule has 0 aromatic heterocycles. The maximum atomic E-state index is 10.00. The molecular weight excluding hydrogens is 164 g/mol. The van der Waals surface area contributed by atoms with Crippen LogP contribution < -0.4 is 0 Å². The minimum Gasteiger partial charge on any atom is -0.396 e. The van der Waals surface area contributed by atoms with Crippen LogP contribution in [0.15, 0.2) is 12.2 Å². The lowest BCUT2D eigenvalue weighted by Gasteiger charge is -2.36. The predicted octanol–water partition coefficient (Wildman–Crippen LogP) is 1.19. The summed E-state index contributed by atoms with van der Waals surface area (Å²) in [6, 6.07) is 0. The first-order chi connectivity index (χ1) is 6.04. The van der Waals surface area contributed by atoms with Crippen molar-refractivity contribution in [2.24, 2.45) is 23.7 Å². The number of hydrogen-bond donors (Lipinski definition) is 2. The van der Waals surface area contributed by atoms with Gasteiger partial charge in [-0.05, 0) is 43.9 Å². The summed E-state index contributed by atoms with van der Waals surface area (Å²) in [5, 5.41) is 19.3. The maximum Gasteiger partial charge on any atom is 0.0629 e. The normalized spacial score (nSPS) is 43.1. The van der Waals surface area contributed by atoms with Crippen molar-refractivity contribution in [3.05, 3.63) is 12.2 Å². The Morgan fingerprint density at radius 2 is 1.92 bits per heavy atom. The number of hydrogen-bond acceptors (Lipinski definition) is 2. The first-order valence-corrected chi connectivity index (χ1v) is 5.05. The van der Waals surface area contributed by atoms with E-state index in [2.05, 4.69) is 12.2 Å². The molecule has 1 saturated carbocycles. The Morgan fingerprint density at radius 1 is 1.31 bits per heavy atom. The first kappa shape index (κ1) is 9.22. The Bertz CT molecular complexity index is 227. The molecule has 2 bridgehead atoms. The molecule has 0 radical (unpaired) electrons.